The molecule has 0 aliphatic heterocycles. The molecule has 2 heteroatoms. The van der Waals surface area contributed by atoms with Crippen LogP contribution in [0.25, 0.3) is 0 Å². The molecule has 0 saturated heterocycles. The van der Waals surface area contributed by atoms with Crippen LogP contribution < -0.4 is 0 Å². The van der Waals surface area contributed by atoms with Gasteiger partial charge < -0.3 is 4.90 Å². The van der Waals surface area contributed by atoms with E-state index in [0.29, 0.717) is 23.7 Å². The van der Waals surface area contributed by atoms with Gasteiger partial charge in [-0.2, -0.15) is 0 Å². The Bertz CT molecular complexity index is 253. The molecule has 86 valence electrons. The zero-order valence-corrected chi connectivity index (χ0v) is 10.3. The molecule has 2 rings (SSSR count). The second-order valence-corrected chi connectivity index (χ2v) is 6.16. The Labute approximate surface area is 93.0 Å². The van der Waals surface area contributed by atoms with E-state index in [2.05, 4.69) is 6.92 Å². The number of carbonyl (C=O) groups excluding carboxylic acids is 1. The summed E-state index contributed by atoms with van der Waals surface area (Å²) < 4.78 is 0. The molecule has 0 aromatic rings. The van der Waals surface area contributed by atoms with Crippen molar-refractivity contribution in [1.29, 1.82) is 0 Å². The molecule has 2 nitrogen and oxygen atoms in total. The summed E-state index contributed by atoms with van der Waals surface area (Å²) in [6.07, 6.45) is 6.50. The van der Waals surface area contributed by atoms with E-state index >= 15 is 0 Å². The number of likely N-dealkylation sites (N-methyl/N-ethyl adjacent to an activating group) is 1. The van der Waals surface area contributed by atoms with Crippen molar-refractivity contribution in [3.63, 3.8) is 0 Å². The molecular weight excluding hydrogens is 186 g/mol. The van der Waals surface area contributed by atoms with Crippen LogP contribution in [0.15, 0.2) is 0 Å². The topological polar surface area (TPSA) is 20.3 Å². The minimum atomic E-state index is 0.387. The van der Waals surface area contributed by atoms with Crippen molar-refractivity contribution in [3.05, 3.63) is 0 Å². The van der Waals surface area contributed by atoms with Gasteiger partial charge in [0, 0.05) is 5.92 Å². The van der Waals surface area contributed by atoms with Crippen LogP contribution in [0, 0.1) is 17.3 Å². The van der Waals surface area contributed by atoms with Crippen LogP contribution in [0.1, 0.15) is 39.0 Å². The maximum atomic E-state index is 11.8. The Morgan fingerprint density at radius 3 is 2.47 bits per heavy atom. The molecule has 0 amide bonds. The van der Waals surface area contributed by atoms with Gasteiger partial charge in [0.25, 0.3) is 0 Å². The molecule has 15 heavy (non-hydrogen) atoms. The summed E-state index contributed by atoms with van der Waals surface area (Å²) in [6, 6.07) is 0. The Hall–Kier alpha value is -0.370. The molecule has 0 aromatic heterocycles. The maximum absolute atomic E-state index is 11.8. The van der Waals surface area contributed by atoms with Crippen LogP contribution >= 0.6 is 0 Å². The Balaban J connectivity index is 1.80. The van der Waals surface area contributed by atoms with Gasteiger partial charge in [-0.1, -0.05) is 13.3 Å². The van der Waals surface area contributed by atoms with Gasteiger partial charge >= 0.3 is 0 Å². The van der Waals surface area contributed by atoms with Crippen molar-refractivity contribution >= 4 is 5.78 Å². The third-order valence-electron chi connectivity index (χ3n) is 4.24. The van der Waals surface area contributed by atoms with Gasteiger partial charge in [-0.05, 0) is 51.1 Å². The van der Waals surface area contributed by atoms with E-state index in [-0.39, 0.29) is 0 Å². The summed E-state index contributed by atoms with van der Waals surface area (Å²) in [5.74, 6) is 1.75. The minimum absolute atomic E-state index is 0.387. The lowest BCUT2D eigenvalue weighted by Crippen LogP contribution is -2.42. The highest BCUT2D eigenvalue weighted by molar-refractivity contribution is 5.84. The van der Waals surface area contributed by atoms with Crippen molar-refractivity contribution in [3.8, 4) is 0 Å². The first-order valence-corrected chi connectivity index (χ1v) is 6.18. The fourth-order valence-electron chi connectivity index (χ4n) is 3.52. The first-order chi connectivity index (χ1) is 7.01. The third kappa shape index (κ3) is 2.25. The lowest BCUT2D eigenvalue weighted by atomic mass is 9.59. The predicted molar refractivity (Wildman–Crippen MR) is 61.7 cm³/mol. The molecule has 2 saturated carbocycles. The fraction of sp³-hybridized carbons (Fsp3) is 0.923. The summed E-state index contributed by atoms with van der Waals surface area (Å²) in [5.41, 5.74) is 0.589. The van der Waals surface area contributed by atoms with Crippen LogP contribution in [0.3, 0.4) is 0 Å². The molecule has 2 fully saturated rings. The summed E-state index contributed by atoms with van der Waals surface area (Å²) in [5, 5.41) is 0. The van der Waals surface area contributed by atoms with E-state index < -0.39 is 0 Å². The van der Waals surface area contributed by atoms with Crippen molar-refractivity contribution in [2.45, 2.75) is 39.0 Å². The molecule has 1 unspecified atom stereocenters. The molecule has 2 aliphatic rings. The second-order valence-electron chi connectivity index (χ2n) is 6.16. The zero-order chi connectivity index (χ0) is 11.1. The second kappa shape index (κ2) is 3.89. The molecule has 0 heterocycles. The highest BCUT2D eigenvalue weighted by Crippen LogP contribution is 2.57. The molecule has 1 atom stereocenters. The van der Waals surface area contributed by atoms with Crippen LogP contribution in [-0.2, 0) is 4.79 Å². The van der Waals surface area contributed by atoms with Crippen LogP contribution in [-0.4, -0.2) is 31.3 Å². The monoisotopic (exact) mass is 209 g/mol. The first-order valence-electron chi connectivity index (χ1n) is 6.18. The largest absolute Gasteiger partial charge is 0.302 e. The van der Waals surface area contributed by atoms with Gasteiger partial charge in [0.1, 0.15) is 5.78 Å². The summed E-state index contributed by atoms with van der Waals surface area (Å²) in [7, 11) is 3.95. The van der Waals surface area contributed by atoms with Crippen molar-refractivity contribution in [2.75, 3.05) is 20.6 Å². The predicted octanol–water partition coefficient (Wildman–Crippen LogP) is 2.33. The van der Waals surface area contributed by atoms with E-state index in [0.717, 1.165) is 5.92 Å². The standard InChI is InChI=1S/C13H23NO/c1-10-4-5-13(6-10)7-11(8-13)12(15)9-14(2)3/h10-11H,4-9H2,1-3H3. The molecule has 1 spiro atoms. The number of Topliss-reactive ketones (excluding diaryl/α,β-unsaturated/α-hetero) is 1. The van der Waals surface area contributed by atoms with Crippen LogP contribution in [0.5, 0.6) is 0 Å². The SMILES string of the molecule is CC1CCC2(C1)CC(C(=O)CN(C)C)C2. The van der Waals surface area contributed by atoms with Gasteiger partial charge in [0.05, 0.1) is 6.54 Å². The van der Waals surface area contributed by atoms with Gasteiger partial charge in [0.2, 0.25) is 0 Å². The van der Waals surface area contributed by atoms with E-state index in [1.54, 1.807) is 0 Å². The molecular formula is C13H23NO. The van der Waals surface area contributed by atoms with Gasteiger partial charge in [-0.15, -0.1) is 0 Å². The number of rotatable bonds is 3. The molecule has 0 aromatic carbocycles. The number of hydrogen-bond donors (Lipinski definition) is 0. The Morgan fingerprint density at radius 2 is 2.00 bits per heavy atom. The molecule has 2 aliphatic carbocycles. The van der Waals surface area contributed by atoms with E-state index in [1.165, 1.54) is 32.1 Å². The number of carbonyl (C=O) groups is 1. The number of ketones is 1. The average Bonchev–Trinajstić information content (AvgIpc) is 2.43. The maximum Gasteiger partial charge on any atom is 0.149 e. The Morgan fingerprint density at radius 1 is 1.33 bits per heavy atom. The van der Waals surface area contributed by atoms with Gasteiger partial charge in [0.15, 0.2) is 0 Å². The minimum Gasteiger partial charge on any atom is -0.302 e. The molecule has 0 radical (unpaired) electrons. The molecule has 0 N–H and O–H groups in total. The lowest BCUT2D eigenvalue weighted by molar-refractivity contribution is -0.130. The third-order valence-corrected chi connectivity index (χ3v) is 4.24. The smallest absolute Gasteiger partial charge is 0.149 e. The van der Waals surface area contributed by atoms with Crippen LogP contribution in [0.4, 0.5) is 0 Å². The van der Waals surface area contributed by atoms with Gasteiger partial charge in [-0.25, -0.2) is 0 Å². The average molecular weight is 209 g/mol. The summed E-state index contributed by atoms with van der Waals surface area (Å²) in [6.45, 7) is 2.99. The first kappa shape index (κ1) is 11.1. The van der Waals surface area contributed by atoms with E-state index in [4.69, 9.17) is 0 Å². The van der Waals surface area contributed by atoms with Crippen molar-refractivity contribution in [2.24, 2.45) is 17.3 Å². The normalized spacial score (nSPS) is 39.7. The molecule has 0 bridgehead atoms. The van der Waals surface area contributed by atoms with Crippen molar-refractivity contribution in [1.82, 2.24) is 4.90 Å². The lowest BCUT2D eigenvalue weighted by Gasteiger charge is -2.45. The zero-order valence-electron chi connectivity index (χ0n) is 10.3. The highest BCUT2D eigenvalue weighted by Gasteiger charge is 2.49. The summed E-state index contributed by atoms with van der Waals surface area (Å²) >= 11 is 0. The van der Waals surface area contributed by atoms with Crippen molar-refractivity contribution < 1.29 is 4.79 Å². The number of hydrogen-bond acceptors (Lipinski definition) is 2. The van der Waals surface area contributed by atoms with Crippen LogP contribution in [0.2, 0.25) is 0 Å². The quantitative estimate of drug-likeness (QED) is 0.711. The highest BCUT2D eigenvalue weighted by atomic mass is 16.1. The van der Waals surface area contributed by atoms with E-state index in [9.17, 15) is 4.79 Å². The van der Waals surface area contributed by atoms with Gasteiger partial charge in [-0.3, -0.25) is 4.79 Å². The Kier molecular flexibility index (Phi) is 2.89. The summed E-state index contributed by atoms with van der Waals surface area (Å²) in [4.78, 5) is 13.8. The number of nitrogens with zero attached hydrogens (tertiary/aromatic N) is 1. The van der Waals surface area contributed by atoms with E-state index in [1.807, 2.05) is 19.0 Å². The fourth-order valence-corrected chi connectivity index (χ4v) is 3.52.